The first-order chi connectivity index (χ1) is 15.3. The average molecular weight is 451 g/mol. The Balaban J connectivity index is 1.61. The molecule has 0 saturated heterocycles. The molecule has 2 aromatic carbocycles. The second kappa shape index (κ2) is 8.96. The lowest BCUT2D eigenvalue weighted by atomic mass is 9.90. The number of anilines is 1. The van der Waals surface area contributed by atoms with E-state index in [-0.39, 0.29) is 24.3 Å². The number of hydrogen-bond donors (Lipinski definition) is 2. The van der Waals surface area contributed by atoms with Gasteiger partial charge in [-0.1, -0.05) is 35.9 Å². The Morgan fingerprint density at radius 1 is 1.22 bits per heavy atom. The average Bonchev–Trinajstić information content (AvgIpc) is 2.75. The molecule has 2 amide bonds. The molecule has 1 aliphatic rings. The number of rotatable bonds is 4. The normalized spacial score (nSPS) is 16.2. The maximum Gasteiger partial charge on any atom is 0.319 e. The van der Waals surface area contributed by atoms with E-state index < -0.39 is 12.1 Å². The number of amides is 2. The Morgan fingerprint density at radius 3 is 2.69 bits per heavy atom. The lowest BCUT2D eigenvalue weighted by Gasteiger charge is -2.26. The zero-order valence-electron chi connectivity index (χ0n) is 17.7. The van der Waals surface area contributed by atoms with Crippen molar-refractivity contribution in [3.8, 4) is 0 Å². The lowest BCUT2D eigenvalue weighted by Crippen LogP contribution is -2.35. The highest BCUT2D eigenvalue weighted by Crippen LogP contribution is 2.28. The highest BCUT2D eigenvalue weighted by atomic mass is 35.5. The van der Waals surface area contributed by atoms with E-state index in [0.717, 1.165) is 5.57 Å². The molecule has 0 aliphatic heterocycles. The zero-order chi connectivity index (χ0) is 22.8. The predicted molar refractivity (Wildman–Crippen MR) is 125 cm³/mol. The molecular weight excluding hydrogens is 428 g/mol. The van der Waals surface area contributed by atoms with Gasteiger partial charge < -0.3 is 10.6 Å². The van der Waals surface area contributed by atoms with Gasteiger partial charge in [0.2, 0.25) is 0 Å². The van der Waals surface area contributed by atoms with Gasteiger partial charge >= 0.3 is 6.03 Å². The van der Waals surface area contributed by atoms with Crippen LogP contribution in [0, 0.1) is 6.92 Å². The van der Waals surface area contributed by atoms with Crippen molar-refractivity contribution in [2.24, 2.45) is 0 Å². The van der Waals surface area contributed by atoms with Crippen molar-refractivity contribution in [2.75, 3.05) is 5.32 Å². The zero-order valence-corrected chi connectivity index (χ0v) is 18.4. The maximum atomic E-state index is 13.5. The van der Waals surface area contributed by atoms with Crippen LogP contribution in [-0.4, -0.2) is 21.4 Å². The highest BCUT2D eigenvalue weighted by Gasteiger charge is 2.28. The van der Waals surface area contributed by atoms with Crippen LogP contribution in [0.5, 0.6) is 0 Å². The van der Waals surface area contributed by atoms with E-state index in [1.165, 1.54) is 4.57 Å². The fraction of sp³-hybridized carbons (Fsp3) is 0.250. The largest absolute Gasteiger partial charge is 0.334 e. The molecular formula is C24H23ClN4O3. The number of aromatic nitrogens is 2. The molecule has 1 fully saturated rings. The first-order valence-corrected chi connectivity index (χ1v) is 10.7. The summed E-state index contributed by atoms with van der Waals surface area (Å²) in [4.78, 5) is 43.0. The molecule has 2 N–H and O–H groups in total. The van der Waals surface area contributed by atoms with E-state index >= 15 is 0 Å². The van der Waals surface area contributed by atoms with Crippen LogP contribution in [-0.2, 0) is 11.3 Å². The molecule has 1 saturated carbocycles. The Kier molecular flexibility index (Phi) is 6.10. The highest BCUT2D eigenvalue weighted by molar-refractivity contribution is 6.30. The van der Waals surface area contributed by atoms with Gasteiger partial charge in [0.15, 0.2) is 5.78 Å². The van der Waals surface area contributed by atoms with E-state index in [4.69, 9.17) is 11.6 Å². The van der Waals surface area contributed by atoms with Gasteiger partial charge in [-0.2, -0.15) is 0 Å². The SMILES string of the molecule is C=C1CCC(n2c(C)nc3cccc(CNC(=O)Nc4ccc(Cl)cc4)c3c2=O)C(=O)C1. The Bertz CT molecular complexity index is 1280. The number of carbonyl (C=O) groups is 2. The van der Waals surface area contributed by atoms with Crippen LogP contribution in [0.1, 0.15) is 36.7 Å². The fourth-order valence-electron chi connectivity index (χ4n) is 4.05. The van der Waals surface area contributed by atoms with Crippen molar-refractivity contribution in [1.29, 1.82) is 0 Å². The Hall–Kier alpha value is -3.45. The molecule has 0 spiro atoms. The van der Waals surface area contributed by atoms with Gasteiger partial charge in [-0.3, -0.25) is 14.2 Å². The molecule has 0 radical (unpaired) electrons. The summed E-state index contributed by atoms with van der Waals surface area (Å²) in [5, 5.41) is 6.48. The molecule has 0 bridgehead atoms. The van der Waals surface area contributed by atoms with Crippen molar-refractivity contribution in [3.05, 3.63) is 81.4 Å². The number of ketones is 1. The lowest BCUT2D eigenvalue weighted by molar-refractivity contribution is -0.122. The molecule has 32 heavy (non-hydrogen) atoms. The van der Waals surface area contributed by atoms with Gasteiger partial charge in [0.1, 0.15) is 5.82 Å². The number of hydrogen-bond acceptors (Lipinski definition) is 4. The minimum absolute atomic E-state index is 0.0226. The molecule has 1 heterocycles. The van der Waals surface area contributed by atoms with Gasteiger partial charge in [-0.05, 0) is 55.7 Å². The molecule has 164 valence electrons. The van der Waals surface area contributed by atoms with Crippen molar-refractivity contribution >= 4 is 40.0 Å². The van der Waals surface area contributed by atoms with Crippen LogP contribution in [0.3, 0.4) is 0 Å². The summed E-state index contributed by atoms with van der Waals surface area (Å²) >= 11 is 5.86. The maximum absolute atomic E-state index is 13.5. The number of nitrogens with one attached hydrogen (secondary N) is 2. The number of halogens is 1. The first-order valence-electron chi connectivity index (χ1n) is 10.3. The number of carbonyl (C=O) groups excluding carboxylic acids is 2. The number of Topliss-reactive ketones (excluding diaryl/α,β-unsaturated/α-hetero) is 1. The van der Waals surface area contributed by atoms with E-state index in [0.29, 0.717) is 45.8 Å². The van der Waals surface area contributed by atoms with Gasteiger partial charge in [0, 0.05) is 23.7 Å². The number of aryl methyl sites for hydroxylation is 1. The van der Waals surface area contributed by atoms with Crippen molar-refractivity contribution < 1.29 is 9.59 Å². The summed E-state index contributed by atoms with van der Waals surface area (Å²) in [5.41, 5.74) is 2.39. The fourth-order valence-corrected chi connectivity index (χ4v) is 4.17. The second-order valence-electron chi connectivity index (χ2n) is 7.91. The molecule has 1 aliphatic carbocycles. The molecule has 3 aromatic rings. The standard InChI is InChI=1S/C24H23ClN4O3/c1-14-6-11-20(21(30)12-14)29-15(2)27-19-5-3-4-16(22(19)23(29)31)13-26-24(32)28-18-9-7-17(25)8-10-18/h3-5,7-10,20H,1,6,11-13H2,2H3,(H2,26,28,32). The summed E-state index contributed by atoms with van der Waals surface area (Å²) in [6, 6.07) is 11.1. The molecule has 8 heteroatoms. The van der Waals surface area contributed by atoms with Crippen LogP contribution >= 0.6 is 11.6 Å². The van der Waals surface area contributed by atoms with Crippen LogP contribution in [0.15, 0.2) is 59.4 Å². The number of nitrogens with zero attached hydrogens (tertiary/aromatic N) is 2. The quantitative estimate of drug-likeness (QED) is 0.571. The van der Waals surface area contributed by atoms with E-state index in [2.05, 4.69) is 22.2 Å². The summed E-state index contributed by atoms with van der Waals surface area (Å²) in [6.45, 7) is 5.77. The van der Waals surface area contributed by atoms with Gasteiger partial charge in [-0.25, -0.2) is 9.78 Å². The monoisotopic (exact) mass is 450 g/mol. The number of urea groups is 1. The van der Waals surface area contributed by atoms with E-state index in [9.17, 15) is 14.4 Å². The van der Waals surface area contributed by atoms with Gasteiger partial charge in [-0.15, -0.1) is 0 Å². The molecule has 1 atom stereocenters. The number of benzene rings is 2. The van der Waals surface area contributed by atoms with Crippen LogP contribution in [0.2, 0.25) is 5.02 Å². The third-order valence-electron chi connectivity index (χ3n) is 5.61. The van der Waals surface area contributed by atoms with Crippen LogP contribution < -0.4 is 16.2 Å². The third-order valence-corrected chi connectivity index (χ3v) is 5.86. The third kappa shape index (κ3) is 4.43. The minimum Gasteiger partial charge on any atom is -0.334 e. The van der Waals surface area contributed by atoms with E-state index in [1.54, 1.807) is 49.4 Å². The summed E-state index contributed by atoms with van der Waals surface area (Å²) in [5.74, 6) is 0.476. The number of fused-ring (bicyclic) bond motifs is 1. The first kappa shape index (κ1) is 21.8. The predicted octanol–water partition coefficient (Wildman–Crippen LogP) is 4.53. The molecule has 1 unspecified atom stereocenters. The van der Waals surface area contributed by atoms with Crippen molar-refractivity contribution in [3.63, 3.8) is 0 Å². The molecule has 7 nitrogen and oxygen atoms in total. The summed E-state index contributed by atoms with van der Waals surface area (Å²) in [6.07, 6.45) is 1.52. The van der Waals surface area contributed by atoms with Crippen LogP contribution in [0.25, 0.3) is 10.9 Å². The Labute approximate surface area is 190 Å². The molecule has 4 rings (SSSR count). The van der Waals surface area contributed by atoms with Gasteiger partial charge in [0.25, 0.3) is 5.56 Å². The van der Waals surface area contributed by atoms with E-state index in [1.807, 2.05) is 0 Å². The minimum atomic E-state index is -0.542. The molecule has 1 aromatic heterocycles. The van der Waals surface area contributed by atoms with Crippen LogP contribution in [0.4, 0.5) is 10.5 Å². The second-order valence-corrected chi connectivity index (χ2v) is 8.34. The topological polar surface area (TPSA) is 93.1 Å². The van der Waals surface area contributed by atoms with Crippen molar-refractivity contribution in [1.82, 2.24) is 14.9 Å². The smallest absolute Gasteiger partial charge is 0.319 e. The number of allylic oxidation sites excluding steroid dienone is 1. The van der Waals surface area contributed by atoms with Crippen molar-refractivity contribution in [2.45, 2.75) is 38.8 Å². The Morgan fingerprint density at radius 2 is 1.97 bits per heavy atom. The van der Waals surface area contributed by atoms with Gasteiger partial charge in [0.05, 0.1) is 16.9 Å². The summed E-state index contributed by atoms with van der Waals surface area (Å²) in [7, 11) is 0. The summed E-state index contributed by atoms with van der Waals surface area (Å²) < 4.78 is 1.49.